The number of carbonyl (C=O) groups is 1. The molecule has 0 aliphatic carbocycles. The maximum absolute atomic E-state index is 10.9. The summed E-state index contributed by atoms with van der Waals surface area (Å²) >= 11 is 5.99. The van der Waals surface area contributed by atoms with Gasteiger partial charge in [-0.1, -0.05) is 11.6 Å². The quantitative estimate of drug-likeness (QED) is 0.783. The zero-order chi connectivity index (χ0) is 16.4. The largest absolute Gasteiger partial charge is 0.496 e. The third-order valence-corrected chi connectivity index (χ3v) is 3.43. The highest BCUT2D eigenvalue weighted by atomic mass is 35.5. The molecule has 6 nitrogen and oxygen atoms in total. The standard InChI is InChI=1S/C16H11ClN2O4/c1-22-13-7-6-11(17)8-12(13)15-19-18-14(23-15)9-2-4-10(5-3-9)16(20)21/h2-8H,1H3,(H,20,21). The lowest BCUT2D eigenvalue weighted by molar-refractivity contribution is 0.0697. The van der Waals surface area contributed by atoms with E-state index in [2.05, 4.69) is 10.2 Å². The Kier molecular flexibility index (Phi) is 3.99. The first kappa shape index (κ1) is 15.1. The van der Waals surface area contributed by atoms with Crippen molar-refractivity contribution in [1.82, 2.24) is 10.2 Å². The lowest BCUT2D eigenvalue weighted by Gasteiger charge is -2.04. The van der Waals surface area contributed by atoms with Gasteiger partial charge in [0.2, 0.25) is 5.89 Å². The van der Waals surface area contributed by atoms with Crippen molar-refractivity contribution in [2.24, 2.45) is 0 Å². The van der Waals surface area contributed by atoms with E-state index in [0.29, 0.717) is 21.9 Å². The molecule has 7 heteroatoms. The van der Waals surface area contributed by atoms with E-state index in [9.17, 15) is 4.79 Å². The molecule has 1 aromatic heterocycles. The molecule has 116 valence electrons. The Morgan fingerprint density at radius 2 is 1.83 bits per heavy atom. The minimum atomic E-state index is -0.994. The zero-order valence-electron chi connectivity index (χ0n) is 12.0. The predicted molar refractivity (Wildman–Crippen MR) is 83.7 cm³/mol. The van der Waals surface area contributed by atoms with Crippen molar-refractivity contribution in [3.8, 4) is 28.7 Å². The van der Waals surface area contributed by atoms with Crippen LogP contribution in [0.4, 0.5) is 0 Å². The first-order chi connectivity index (χ1) is 11.1. The third kappa shape index (κ3) is 3.02. The molecule has 0 aliphatic rings. The number of hydrogen-bond acceptors (Lipinski definition) is 5. The fourth-order valence-electron chi connectivity index (χ4n) is 2.05. The number of methoxy groups -OCH3 is 1. The van der Waals surface area contributed by atoms with Gasteiger partial charge in [0.15, 0.2) is 0 Å². The van der Waals surface area contributed by atoms with Crippen molar-refractivity contribution in [3.63, 3.8) is 0 Å². The van der Waals surface area contributed by atoms with Crippen LogP contribution >= 0.6 is 11.6 Å². The van der Waals surface area contributed by atoms with Crippen LogP contribution in [0.2, 0.25) is 5.02 Å². The topological polar surface area (TPSA) is 85.5 Å². The van der Waals surface area contributed by atoms with Crippen LogP contribution in [0.3, 0.4) is 0 Å². The molecule has 0 atom stereocenters. The van der Waals surface area contributed by atoms with E-state index in [-0.39, 0.29) is 17.3 Å². The van der Waals surface area contributed by atoms with Crippen LogP contribution in [0.25, 0.3) is 22.9 Å². The summed E-state index contributed by atoms with van der Waals surface area (Å²) in [5.74, 6) is 0.109. The van der Waals surface area contributed by atoms with Gasteiger partial charge in [-0.05, 0) is 42.5 Å². The van der Waals surface area contributed by atoms with Crippen molar-refractivity contribution in [1.29, 1.82) is 0 Å². The second-order valence-electron chi connectivity index (χ2n) is 4.64. The van der Waals surface area contributed by atoms with Gasteiger partial charge in [0.1, 0.15) is 5.75 Å². The molecule has 0 aliphatic heterocycles. The number of aromatic nitrogens is 2. The van der Waals surface area contributed by atoms with E-state index in [1.165, 1.54) is 19.2 Å². The van der Waals surface area contributed by atoms with Gasteiger partial charge in [0.05, 0.1) is 18.2 Å². The number of carboxylic acid groups (broad SMARTS) is 1. The Morgan fingerprint density at radius 1 is 1.13 bits per heavy atom. The summed E-state index contributed by atoms with van der Waals surface area (Å²) in [5.41, 5.74) is 1.39. The number of halogens is 1. The minimum absolute atomic E-state index is 0.185. The van der Waals surface area contributed by atoms with Crippen LogP contribution in [-0.2, 0) is 0 Å². The maximum atomic E-state index is 10.9. The summed E-state index contributed by atoms with van der Waals surface area (Å²) in [7, 11) is 1.54. The highest BCUT2D eigenvalue weighted by molar-refractivity contribution is 6.30. The van der Waals surface area contributed by atoms with Gasteiger partial charge in [-0.15, -0.1) is 10.2 Å². The SMILES string of the molecule is COc1ccc(Cl)cc1-c1nnc(-c2ccc(C(=O)O)cc2)o1. The summed E-state index contributed by atoms with van der Waals surface area (Å²) < 4.78 is 10.9. The van der Waals surface area contributed by atoms with Crippen molar-refractivity contribution >= 4 is 17.6 Å². The van der Waals surface area contributed by atoms with Gasteiger partial charge in [-0.2, -0.15) is 0 Å². The number of nitrogens with zero attached hydrogens (tertiary/aromatic N) is 2. The van der Waals surface area contributed by atoms with E-state index in [1.807, 2.05) is 0 Å². The molecule has 0 amide bonds. The fourth-order valence-corrected chi connectivity index (χ4v) is 2.22. The second-order valence-corrected chi connectivity index (χ2v) is 5.08. The maximum Gasteiger partial charge on any atom is 0.335 e. The number of ether oxygens (including phenoxy) is 1. The van der Waals surface area contributed by atoms with Crippen molar-refractivity contribution in [2.45, 2.75) is 0 Å². The Morgan fingerprint density at radius 3 is 2.48 bits per heavy atom. The van der Waals surface area contributed by atoms with Crippen LogP contribution in [0, 0.1) is 0 Å². The number of aromatic carboxylic acids is 1. The number of rotatable bonds is 4. The van der Waals surface area contributed by atoms with Gasteiger partial charge < -0.3 is 14.3 Å². The Labute approximate surface area is 136 Å². The average Bonchev–Trinajstić information content (AvgIpc) is 3.04. The number of carboxylic acids is 1. The highest BCUT2D eigenvalue weighted by Gasteiger charge is 2.15. The molecule has 0 saturated carbocycles. The molecule has 3 aromatic rings. The van der Waals surface area contributed by atoms with Crippen LogP contribution in [-0.4, -0.2) is 28.4 Å². The second kappa shape index (κ2) is 6.10. The van der Waals surface area contributed by atoms with Crippen molar-refractivity contribution in [2.75, 3.05) is 7.11 Å². The van der Waals surface area contributed by atoms with Crippen LogP contribution in [0.5, 0.6) is 5.75 Å². The Bertz CT molecular complexity index is 859. The molecule has 0 fully saturated rings. The van der Waals surface area contributed by atoms with Crippen LogP contribution in [0.1, 0.15) is 10.4 Å². The molecule has 2 aromatic carbocycles. The van der Waals surface area contributed by atoms with E-state index in [0.717, 1.165) is 0 Å². The lowest BCUT2D eigenvalue weighted by Crippen LogP contribution is -1.94. The molecule has 0 bridgehead atoms. The summed E-state index contributed by atoms with van der Waals surface area (Å²) in [6.45, 7) is 0. The van der Waals surface area contributed by atoms with Crippen LogP contribution < -0.4 is 4.74 Å². The van der Waals surface area contributed by atoms with E-state index >= 15 is 0 Å². The third-order valence-electron chi connectivity index (χ3n) is 3.20. The van der Waals surface area contributed by atoms with E-state index in [1.54, 1.807) is 30.3 Å². The van der Waals surface area contributed by atoms with Gasteiger partial charge in [-0.3, -0.25) is 0 Å². The first-order valence-electron chi connectivity index (χ1n) is 6.59. The first-order valence-corrected chi connectivity index (χ1v) is 6.97. The van der Waals surface area contributed by atoms with Gasteiger partial charge >= 0.3 is 5.97 Å². The molecule has 23 heavy (non-hydrogen) atoms. The monoisotopic (exact) mass is 330 g/mol. The normalized spacial score (nSPS) is 10.5. The Balaban J connectivity index is 1.97. The molecular formula is C16H11ClN2O4. The van der Waals surface area contributed by atoms with Gasteiger partial charge in [0, 0.05) is 10.6 Å². The molecule has 1 N–H and O–H groups in total. The zero-order valence-corrected chi connectivity index (χ0v) is 12.7. The highest BCUT2D eigenvalue weighted by Crippen LogP contribution is 2.33. The van der Waals surface area contributed by atoms with Crippen molar-refractivity contribution in [3.05, 3.63) is 53.1 Å². The van der Waals surface area contributed by atoms with Crippen LogP contribution in [0.15, 0.2) is 46.9 Å². The lowest BCUT2D eigenvalue weighted by atomic mass is 10.1. The summed E-state index contributed by atoms with van der Waals surface area (Å²) in [5, 5.41) is 17.4. The molecule has 3 rings (SSSR count). The number of benzene rings is 2. The minimum Gasteiger partial charge on any atom is -0.496 e. The molecule has 0 spiro atoms. The van der Waals surface area contributed by atoms with Gasteiger partial charge in [-0.25, -0.2) is 4.79 Å². The molecule has 0 unspecified atom stereocenters. The van der Waals surface area contributed by atoms with Gasteiger partial charge in [0.25, 0.3) is 5.89 Å². The summed E-state index contributed by atoms with van der Waals surface area (Å²) in [6.07, 6.45) is 0. The van der Waals surface area contributed by atoms with E-state index in [4.69, 9.17) is 25.9 Å². The summed E-state index contributed by atoms with van der Waals surface area (Å²) in [6, 6.07) is 11.2. The smallest absolute Gasteiger partial charge is 0.335 e. The fraction of sp³-hybridized carbons (Fsp3) is 0.0625. The molecular weight excluding hydrogens is 320 g/mol. The predicted octanol–water partition coefficient (Wildman–Crippen LogP) is 3.76. The molecule has 1 heterocycles. The molecule has 0 saturated heterocycles. The summed E-state index contributed by atoms with van der Waals surface area (Å²) in [4.78, 5) is 10.9. The Hall–Kier alpha value is -2.86. The number of hydrogen-bond donors (Lipinski definition) is 1. The average molecular weight is 331 g/mol. The van der Waals surface area contributed by atoms with E-state index < -0.39 is 5.97 Å². The van der Waals surface area contributed by atoms with Crippen molar-refractivity contribution < 1.29 is 19.1 Å². The molecule has 0 radical (unpaired) electrons.